The first kappa shape index (κ1) is 30.1. The second kappa shape index (κ2) is 15.8. The maximum absolute atomic E-state index is 12.8. The van der Waals surface area contributed by atoms with Crippen molar-refractivity contribution in [2.45, 2.75) is 51.7 Å². The SMILES string of the molecule is CO[C@@H](C)C(=Nc1cccc(C#N)c1)/C(=C\N)Nc1ccc(CN(C)C(=O)C2CCCCC2)cc1.O=CO. The van der Waals surface area contributed by atoms with E-state index in [0.717, 1.165) is 36.9 Å². The van der Waals surface area contributed by atoms with Crippen LogP contribution in [0, 0.1) is 17.2 Å². The quantitative estimate of drug-likeness (QED) is 0.319. The van der Waals surface area contributed by atoms with Gasteiger partial charge in [0.2, 0.25) is 5.91 Å². The van der Waals surface area contributed by atoms with E-state index >= 15 is 0 Å². The minimum atomic E-state index is -0.332. The molecule has 0 unspecified atom stereocenters. The molecule has 0 bridgehead atoms. The highest BCUT2D eigenvalue weighted by Gasteiger charge is 2.24. The highest BCUT2D eigenvalue weighted by molar-refractivity contribution is 6.06. The normalized spacial score (nSPS) is 14.9. The molecule has 1 saturated carbocycles. The molecule has 1 aliphatic rings. The number of nitrogens with one attached hydrogen (secondary N) is 1. The second-order valence-electron chi connectivity index (χ2n) is 9.07. The van der Waals surface area contributed by atoms with Crippen LogP contribution in [0.5, 0.6) is 0 Å². The Labute approximate surface area is 224 Å². The molecule has 0 spiro atoms. The molecule has 0 aromatic heterocycles. The molecule has 0 heterocycles. The minimum absolute atomic E-state index is 0.168. The Kier molecular flexibility index (Phi) is 12.5. The molecule has 1 aliphatic carbocycles. The van der Waals surface area contributed by atoms with Crippen LogP contribution < -0.4 is 11.1 Å². The predicted molar refractivity (Wildman–Crippen MR) is 149 cm³/mol. The van der Waals surface area contributed by atoms with Crippen LogP contribution in [-0.2, 0) is 20.9 Å². The summed E-state index contributed by atoms with van der Waals surface area (Å²) in [5.41, 5.74) is 10.3. The molecule has 9 nitrogen and oxygen atoms in total. The van der Waals surface area contributed by atoms with Crippen LogP contribution in [0.2, 0.25) is 0 Å². The van der Waals surface area contributed by atoms with E-state index in [9.17, 15) is 10.1 Å². The number of hydrogen-bond acceptors (Lipinski definition) is 7. The Balaban J connectivity index is 0.00000161. The molecule has 1 fully saturated rings. The number of rotatable bonds is 9. The van der Waals surface area contributed by atoms with Crippen molar-refractivity contribution in [3.05, 3.63) is 71.6 Å². The number of nitrogens with two attached hydrogens (primary N) is 1. The fraction of sp³-hybridized carbons (Fsp3) is 0.379. The number of nitriles is 1. The maximum atomic E-state index is 12.8. The van der Waals surface area contributed by atoms with Crippen LogP contribution in [0.25, 0.3) is 0 Å². The van der Waals surface area contributed by atoms with E-state index < -0.39 is 0 Å². The Morgan fingerprint density at radius 2 is 1.92 bits per heavy atom. The number of benzene rings is 2. The fourth-order valence-corrected chi connectivity index (χ4v) is 4.32. The summed E-state index contributed by atoms with van der Waals surface area (Å²) in [5, 5.41) is 19.4. The lowest BCUT2D eigenvalue weighted by molar-refractivity contribution is -0.135. The van der Waals surface area contributed by atoms with Gasteiger partial charge in [0, 0.05) is 38.5 Å². The molecule has 1 amide bonds. The Bertz CT molecular complexity index is 1150. The molecule has 2 aromatic rings. The van der Waals surface area contributed by atoms with Crippen molar-refractivity contribution < 1.29 is 19.4 Å². The average molecular weight is 520 g/mol. The van der Waals surface area contributed by atoms with Gasteiger partial charge in [-0.25, -0.2) is 4.99 Å². The molecule has 4 N–H and O–H groups in total. The average Bonchev–Trinajstić information content (AvgIpc) is 2.95. The van der Waals surface area contributed by atoms with Gasteiger partial charge in [-0.05, 0) is 55.7 Å². The van der Waals surface area contributed by atoms with Gasteiger partial charge in [-0.2, -0.15) is 5.26 Å². The van der Waals surface area contributed by atoms with Crippen molar-refractivity contribution in [3.63, 3.8) is 0 Å². The van der Waals surface area contributed by atoms with E-state index in [1.807, 2.05) is 49.2 Å². The van der Waals surface area contributed by atoms with Crippen molar-refractivity contribution in [1.29, 1.82) is 5.26 Å². The number of hydrogen-bond donors (Lipinski definition) is 3. The Morgan fingerprint density at radius 1 is 1.26 bits per heavy atom. The van der Waals surface area contributed by atoms with Crippen molar-refractivity contribution >= 4 is 29.5 Å². The minimum Gasteiger partial charge on any atom is -0.483 e. The lowest BCUT2D eigenvalue weighted by atomic mass is 9.88. The first-order chi connectivity index (χ1) is 18.4. The molecular formula is C29H37N5O4. The van der Waals surface area contributed by atoms with Crippen LogP contribution >= 0.6 is 0 Å². The van der Waals surface area contributed by atoms with Gasteiger partial charge in [0.15, 0.2) is 0 Å². The maximum Gasteiger partial charge on any atom is 0.290 e. The highest BCUT2D eigenvalue weighted by atomic mass is 16.5. The fourth-order valence-electron chi connectivity index (χ4n) is 4.32. The van der Waals surface area contributed by atoms with Gasteiger partial charge in [-0.3, -0.25) is 9.59 Å². The Hall–Kier alpha value is -4.16. The molecule has 202 valence electrons. The zero-order valence-corrected chi connectivity index (χ0v) is 22.3. The van der Waals surface area contributed by atoms with Crippen LogP contribution in [0.4, 0.5) is 11.4 Å². The van der Waals surface area contributed by atoms with E-state index in [0.29, 0.717) is 29.2 Å². The third kappa shape index (κ3) is 9.05. The molecule has 9 heteroatoms. The van der Waals surface area contributed by atoms with Gasteiger partial charge in [-0.15, -0.1) is 0 Å². The van der Waals surface area contributed by atoms with Crippen LogP contribution in [0.1, 0.15) is 50.2 Å². The molecule has 0 saturated heterocycles. The van der Waals surface area contributed by atoms with Crippen molar-refractivity contribution in [3.8, 4) is 6.07 Å². The van der Waals surface area contributed by atoms with E-state index in [-0.39, 0.29) is 24.4 Å². The summed E-state index contributed by atoms with van der Waals surface area (Å²) in [6.45, 7) is 2.22. The van der Waals surface area contributed by atoms with Gasteiger partial charge >= 0.3 is 0 Å². The summed E-state index contributed by atoms with van der Waals surface area (Å²) in [4.78, 5) is 27.7. The standard InChI is InChI=1S/C28H35N5O2.CH2O2/c1-20(35-3)27(32-25-11-7-8-22(16-25)17-29)26(18-30)31-24-14-12-21(13-15-24)19-33(2)28(34)23-9-5-4-6-10-23;2-1-3/h7-8,11-16,18,20,23,31H,4-6,9-10,19,30H2,1-3H3;1H,(H,2,3)/b26-18+,32-27?;/t20-;/m0./s1. The molecule has 3 rings (SSSR count). The second-order valence-corrected chi connectivity index (χ2v) is 9.07. The summed E-state index contributed by atoms with van der Waals surface area (Å²) < 4.78 is 5.53. The van der Waals surface area contributed by atoms with Crippen molar-refractivity contribution in [2.75, 3.05) is 19.5 Å². The van der Waals surface area contributed by atoms with Crippen molar-refractivity contribution in [2.24, 2.45) is 16.6 Å². The van der Waals surface area contributed by atoms with Gasteiger partial charge in [0.1, 0.15) is 0 Å². The summed E-state index contributed by atoms with van der Waals surface area (Å²) >= 11 is 0. The van der Waals surface area contributed by atoms with Gasteiger partial charge < -0.3 is 25.8 Å². The van der Waals surface area contributed by atoms with Crippen molar-refractivity contribution in [1.82, 2.24) is 4.90 Å². The molecule has 0 radical (unpaired) electrons. The third-order valence-electron chi connectivity index (χ3n) is 6.39. The van der Waals surface area contributed by atoms with Crippen LogP contribution in [-0.4, -0.2) is 48.4 Å². The van der Waals surface area contributed by atoms with Gasteiger partial charge in [0.05, 0.1) is 34.8 Å². The number of carbonyl (C=O) groups is 2. The monoisotopic (exact) mass is 519 g/mol. The van der Waals surface area contributed by atoms with E-state index in [1.54, 1.807) is 25.3 Å². The van der Waals surface area contributed by atoms with Gasteiger partial charge in [0.25, 0.3) is 6.47 Å². The molecular weight excluding hydrogens is 482 g/mol. The van der Waals surface area contributed by atoms with Gasteiger partial charge in [-0.1, -0.05) is 37.5 Å². The smallest absolute Gasteiger partial charge is 0.290 e. The molecule has 2 aromatic carbocycles. The molecule has 1 atom stereocenters. The molecule has 38 heavy (non-hydrogen) atoms. The first-order valence-electron chi connectivity index (χ1n) is 12.6. The molecule has 0 aliphatic heterocycles. The number of methoxy groups -OCH3 is 1. The topological polar surface area (TPSA) is 141 Å². The summed E-state index contributed by atoms with van der Waals surface area (Å²) in [7, 11) is 3.49. The Morgan fingerprint density at radius 3 is 2.50 bits per heavy atom. The van der Waals surface area contributed by atoms with Crippen LogP contribution in [0.15, 0.2) is 65.4 Å². The highest BCUT2D eigenvalue weighted by Crippen LogP contribution is 2.26. The summed E-state index contributed by atoms with van der Waals surface area (Å²) in [6, 6.07) is 17.1. The largest absolute Gasteiger partial charge is 0.483 e. The lowest BCUT2D eigenvalue weighted by Crippen LogP contribution is -2.33. The summed E-state index contributed by atoms with van der Waals surface area (Å²) in [5.74, 6) is 0.413. The number of amides is 1. The zero-order chi connectivity index (χ0) is 27.9. The van der Waals surface area contributed by atoms with E-state index in [4.69, 9.17) is 25.4 Å². The lowest BCUT2D eigenvalue weighted by Gasteiger charge is -2.26. The predicted octanol–water partition coefficient (Wildman–Crippen LogP) is 4.82. The zero-order valence-electron chi connectivity index (χ0n) is 22.3. The first-order valence-corrected chi connectivity index (χ1v) is 12.6. The number of aliphatic imine (C=N–C) groups is 1. The van der Waals surface area contributed by atoms with E-state index in [1.165, 1.54) is 12.6 Å². The number of nitrogens with zero attached hydrogens (tertiary/aromatic N) is 3. The third-order valence-corrected chi connectivity index (χ3v) is 6.39. The number of ether oxygens (including phenoxy) is 1. The van der Waals surface area contributed by atoms with Crippen LogP contribution in [0.3, 0.4) is 0 Å². The van der Waals surface area contributed by atoms with E-state index in [2.05, 4.69) is 11.4 Å². The summed E-state index contributed by atoms with van der Waals surface area (Å²) in [6.07, 6.45) is 6.68. The number of carboxylic acid groups (broad SMARTS) is 1. The number of anilines is 1. The number of carbonyl (C=O) groups excluding carboxylic acids is 1.